The van der Waals surface area contributed by atoms with Crippen LogP contribution in [0.2, 0.25) is 0 Å². The van der Waals surface area contributed by atoms with E-state index in [1.54, 1.807) is 13.0 Å². The molecular formula is C14H21N3O3. The predicted octanol–water partition coefficient (Wildman–Crippen LogP) is 1.82. The summed E-state index contributed by atoms with van der Waals surface area (Å²) in [6, 6.07) is 1.58. The van der Waals surface area contributed by atoms with Crippen molar-refractivity contribution >= 4 is 17.5 Å². The molecule has 1 aromatic rings. The second kappa shape index (κ2) is 6.09. The van der Waals surface area contributed by atoms with Gasteiger partial charge < -0.3 is 20.5 Å². The molecule has 3 N–H and O–H groups in total. The van der Waals surface area contributed by atoms with Crippen LogP contribution in [0, 0.1) is 0 Å². The minimum absolute atomic E-state index is 0.234. The number of carbonyl (C=O) groups excluding carboxylic acids is 1. The van der Waals surface area contributed by atoms with Crippen LogP contribution in [0.5, 0.6) is 0 Å². The molecule has 0 radical (unpaired) electrons. The Morgan fingerprint density at radius 3 is 3.10 bits per heavy atom. The average Bonchev–Trinajstić information content (AvgIpc) is 2.41. The van der Waals surface area contributed by atoms with Crippen molar-refractivity contribution in [2.45, 2.75) is 32.2 Å². The summed E-state index contributed by atoms with van der Waals surface area (Å²) < 4.78 is 10.5. The summed E-state index contributed by atoms with van der Waals surface area (Å²) in [4.78, 5) is 16.2. The van der Waals surface area contributed by atoms with E-state index < -0.39 is 5.97 Å². The fraction of sp³-hybridized carbons (Fsp3) is 0.571. The predicted molar refractivity (Wildman–Crippen MR) is 76.7 cm³/mol. The van der Waals surface area contributed by atoms with Gasteiger partial charge in [-0.15, -0.1) is 0 Å². The maximum Gasteiger partial charge on any atom is 0.341 e. The van der Waals surface area contributed by atoms with Crippen molar-refractivity contribution in [3.8, 4) is 0 Å². The lowest BCUT2D eigenvalue weighted by atomic mass is 9.94. The minimum atomic E-state index is -0.421. The summed E-state index contributed by atoms with van der Waals surface area (Å²) in [5.74, 6) is 0.0702. The number of hydrogen-bond donors (Lipinski definition) is 2. The zero-order chi connectivity index (χ0) is 14.6. The largest absolute Gasteiger partial charge is 0.462 e. The first kappa shape index (κ1) is 14.6. The van der Waals surface area contributed by atoms with Crippen LogP contribution in [0.1, 0.15) is 37.0 Å². The number of carbonyl (C=O) groups is 1. The van der Waals surface area contributed by atoms with Crippen molar-refractivity contribution < 1.29 is 14.3 Å². The number of anilines is 2. The van der Waals surface area contributed by atoms with E-state index in [2.05, 4.69) is 17.2 Å². The zero-order valence-electron chi connectivity index (χ0n) is 11.9. The Morgan fingerprint density at radius 1 is 1.65 bits per heavy atom. The highest BCUT2D eigenvalue weighted by molar-refractivity contribution is 5.95. The second-order valence-corrected chi connectivity index (χ2v) is 5.23. The first-order valence-electron chi connectivity index (χ1n) is 6.82. The van der Waals surface area contributed by atoms with Crippen molar-refractivity contribution in [2.24, 2.45) is 0 Å². The molecule has 110 valence electrons. The molecular weight excluding hydrogens is 258 g/mol. The summed E-state index contributed by atoms with van der Waals surface area (Å²) in [6.07, 6.45) is 3.46. The monoisotopic (exact) mass is 279 g/mol. The highest BCUT2D eigenvalue weighted by Crippen LogP contribution is 2.26. The molecule has 0 bridgehead atoms. The standard InChI is InChI=1S/C14H21N3O3/c1-3-20-13(18)11-7-10(15)8-16-12(11)17-14(2)5-4-6-19-9-14/h7-8H,3-6,9,15H2,1-2H3,(H,16,17). The van der Waals surface area contributed by atoms with Gasteiger partial charge in [-0.2, -0.15) is 0 Å². The van der Waals surface area contributed by atoms with E-state index in [1.165, 1.54) is 6.20 Å². The number of nitrogens with one attached hydrogen (secondary N) is 1. The van der Waals surface area contributed by atoms with Crippen molar-refractivity contribution in [2.75, 3.05) is 30.9 Å². The molecule has 6 nitrogen and oxygen atoms in total. The summed E-state index contributed by atoms with van der Waals surface area (Å²) in [5.41, 5.74) is 6.27. The van der Waals surface area contributed by atoms with Crippen molar-refractivity contribution in [1.82, 2.24) is 4.98 Å². The molecule has 1 atom stereocenters. The van der Waals surface area contributed by atoms with E-state index in [-0.39, 0.29) is 5.54 Å². The molecule has 2 heterocycles. The van der Waals surface area contributed by atoms with Gasteiger partial charge in [0.1, 0.15) is 11.4 Å². The molecule has 1 saturated heterocycles. The first-order chi connectivity index (χ1) is 9.54. The average molecular weight is 279 g/mol. The second-order valence-electron chi connectivity index (χ2n) is 5.23. The Hall–Kier alpha value is -1.82. The van der Waals surface area contributed by atoms with Crippen molar-refractivity contribution in [1.29, 1.82) is 0 Å². The van der Waals surface area contributed by atoms with E-state index in [9.17, 15) is 4.79 Å². The zero-order valence-corrected chi connectivity index (χ0v) is 11.9. The fourth-order valence-corrected chi connectivity index (χ4v) is 2.26. The van der Waals surface area contributed by atoms with Crippen LogP contribution in [0.15, 0.2) is 12.3 Å². The van der Waals surface area contributed by atoms with Gasteiger partial charge in [-0.05, 0) is 32.8 Å². The molecule has 1 aliphatic heterocycles. The highest BCUT2D eigenvalue weighted by atomic mass is 16.5. The number of esters is 1. The number of nitrogen functional groups attached to an aromatic ring is 1. The smallest absolute Gasteiger partial charge is 0.341 e. The van der Waals surface area contributed by atoms with Gasteiger partial charge in [-0.1, -0.05) is 0 Å². The number of nitrogens with two attached hydrogens (primary N) is 1. The lowest BCUT2D eigenvalue weighted by Gasteiger charge is -2.35. The number of rotatable bonds is 4. The van der Waals surface area contributed by atoms with E-state index >= 15 is 0 Å². The quantitative estimate of drug-likeness (QED) is 0.818. The van der Waals surface area contributed by atoms with Gasteiger partial charge in [-0.3, -0.25) is 0 Å². The van der Waals surface area contributed by atoms with Gasteiger partial charge in [0.2, 0.25) is 0 Å². The maximum absolute atomic E-state index is 12.0. The Bertz CT molecular complexity index is 485. The lowest BCUT2D eigenvalue weighted by Crippen LogP contribution is -2.43. The lowest BCUT2D eigenvalue weighted by molar-refractivity contribution is 0.0513. The third-order valence-corrected chi connectivity index (χ3v) is 3.26. The normalized spacial score (nSPS) is 22.3. The van der Waals surface area contributed by atoms with E-state index in [0.29, 0.717) is 30.3 Å². The Morgan fingerprint density at radius 2 is 2.45 bits per heavy atom. The molecule has 1 aliphatic rings. The maximum atomic E-state index is 12.0. The van der Waals surface area contributed by atoms with Gasteiger partial charge in [0.15, 0.2) is 0 Å². The van der Waals surface area contributed by atoms with Crippen LogP contribution >= 0.6 is 0 Å². The van der Waals surface area contributed by atoms with Gasteiger partial charge in [0.25, 0.3) is 0 Å². The van der Waals surface area contributed by atoms with Crippen LogP contribution in [0.3, 0.4) is 0 Å². The number of pyridine rings is 1. The SMILES string of the molecule is CCOC(=O)c1cc(N)cnc1NC1(C)CCCOC1. The van der Waals surface area contributed by atoms with Crippen LogP contribution in [0.4, 0.5) is 11.5 Å². The highest BCUT2D eigenvalue weighted by Gasteiger charge is 2.29. The third-order valence-electron chi connectivity index (χ3n) is 3.26. The third kappa shape index (κ3) is 3.39. The van der Waals surface area contributed by atoms with Crippen LogP contribution in [0.25, 0.3) is 0 Å². The molecule has 1 aromatic heterocycles. The number of nitrogens with zero attached hydrogens (tertiary/aromatic N) is 1. The molecule has 1 fully saturated rings. The summed E-state index contributed by atoms with van der Waals surface area (Å²) in [6.45, 7) is 5.49. The summed E-state index contributed by atoms with van der Waals surface area (Å²) >= 11 is 0. The first-order valence-corrected chi connectivity index (χ1v) is 6.82. The molecule has 0 amide bonds. The number of aromatic nitrogens is 1. The van der Waals surface area contributed by atoms with E-state index in [1.807, 2.05) is 0 Å². The molecule has 0 spiro atoms. The summed E-state index contributed by atoms with van der Waals surface area (Å²) in [7, 11) is 0. The van der Waals surface area contributed by atoms with Crippen LogP contribution < -0.4 is 11.1 Å². The Balaban J connectivity index is 2.24. The van der Waals surface area contributed by atoms with Crippen molar-refractivity contribution in [3.63, 3.8) is 0 Å². The van der Waals surface area contributed by atoms with Gasteiger partial charge in [0.05, 0.1) is 30.6 Å². The molecule has 0 aromatic carbocycles. The molecule has 20 heavy (non-hydrogen) atoms. The topological polar surface area (TPSA) is 86.5 Å². The number of ether oxygens (including phenoxy) is 2. The summed E-state index contributed by atoms with van der Waals surface area (Å²) in [5, 5.41) is 3.30. The van der Waals surface area contributed by atoms with E-state index in [0.717, 1.165) is 19.4 Å². The van der Waals surface area contributed by atoms with Crippen molar-refractivity contribution in [3.05, 3.63) is 17.8 Å². The Kier molecular flexibility index (Phi) is 4.44. The molecule has 0 saturated carbocycles. The van der Waals surface area contributed by atoms with Gasteiger partial charge >= 0.3 is 5.97 Å². The Labute approximate surface area is 118 Å². The molecule has 0 aliphatic carbocycles. The molecule has 2 rings (SSSR count). The van der Waals surface area contributed by atoms with Crippen LogP contribution in [-0.2, 0) is 9.47 Å². The molecule has 6 heteroatoms. The fourth-order valence-electron chi connectivity index (χ4n) is 2.26. The number of hydrogen-bond acceptors (Lipinski definition) is 6. The minimum Gasteiger partial charge on any atom is -0.462 e. The van der Waals surface area contributed by atoms with Crippen LogP contribution in [-0.4, -0.2) is 36.3 Å². The van der Waals surface area contributed by atoms with E-state index in [4.69, 9.17) is 15.2 Å². The van der Waals surface area contributed by atoms with Gasteiger partial charge in [0, 0.05) is 6.61 Å². The van der Waals surface area contributed by atoms with Gasteiger partial charge in [-0.25, -0.2) is 9.78 Å². The molecule has 1 unspecified atom stereocenters.